The van der Waals surface area contributed by atoms with Crippen molar-refractivity contribution in [2.24, 2.45) is 0 Å². The lowest BCUT2D eigenvalue weighted by atomic mass is 9.94. The molecule has 1 heterocycles. The Morgan fingerprint density at radius 2 is 1.85 bits per heavy atom. The van der Waals surface area contributed by atoms with Crippen LogP contribution in [0, 0.1) is 0 Å². The monoisotopic (exact) mass is 375 g/mol. The van der Waals surface area contributed by atoms with Crippen molar-refractivity contribution in [1.29, 1.82) is 0 Å². The highest BCUT2D eigenvalue weighted by Crippen LogP contribution is 2.35. The Kier molecular flexibility index (Phi) is 5.60. The summed E-state index contributed by atoms with van der Waals surface area (Å²) in [5.74, 6) is -0.700. The standard InChI is InChI=1S/C21H29NO5/c1-20(2,3)27-19(23)22-15-11-12-16-18(26-21(4,5)25-16)17(15)24-13-14-9-7-6-8-10-14/h6-12,15-18H,13H2,1-5H3,(H,22,23)/t15-,16-,17-,18-/m0/s1. The van der Waals surface area contributed by atoms with Crippen molar-refractivity contribution >= 4 is 6.09 Å². The summed E-state index contributed by atoms with van der Waals surface area (Å²) in [6.07, 6.45) is 2.41. The van der Waals surface area contributed by atoms with E-state index in [0.29, 0.717) is 6.61 Å². The predicted molar refractivity (Wildman–Crippen MR) is 101 cm³/mol. The van der Waals surface area contributed by atoms with Crippen molar-refractivity contribution < 1.29 is 23.7 Å². The number of fused-ring (bicyclic) bond motifs is 1. The average Bonchev–Trinajstić information content (AvgIpc) is 2.87. The topological polar surface area (TPSA) is 66.0 Å². The van der Waals surface area contributed by atoms with Crippen LogP contribution in [-0.4, -0.2) is 41.8 Å². The molecule has 1 aliphatic carbocycles. The van der Waals surface area contributed by atoms with Gasteiger partial charge in [0.1, 0.15) is 23.9 Å². The summed E-state index contributed by atoms with van der Waals surface area (Å²) in [5, 5.41) is 2.89. The zero-order valence-electron chi connectivity index (χ0n) is 16.6. The molecular formula is C21H29NO5. The Morgan fingerprint density at radius 1 is 1.15 bits per heavy atom. The molecule has 6 heteroatoms. The van der Waals surface area contributed by atoms with Crippen LogP contribution < -0.4 is 5.32 Å². The lowest BCUT2D eigenvalue weighted by Gasteiger charge is -2.35. The van der Waals surface area contributed by atoms with Gasteiger partial charge < -0.3 is 24.3 Å². The maximum Gasteiger partial charge on any atom is 0.408 e. The fraction of sp³-hybridized carbons (Fsp3) is 0.571. The van der Waals surface area contributed by atoms with Crippen LogP contribution in [-0.2, 0) is 25.6 Å². The second-order valence-electron chi connectivity index (χ2n) is 8.38. The van der Waals surface area contributed by atoms with Gasteiger partial charge in [0.2, 0.25) is 0 Å². The molecule has 0 spiro atoms. The zero-order chi connectivity index (χ0) is 19.7. The Labute approximate surface area is 160 Å². The van der Waals surface area contributed by atoms with Crippen LogP contribution in [0.25, 0.3) is 0 Å². The van der Waals surface area contributed by atoms with E-state index in [1.54, 1.807) is 0 Å². The average molecular weight is 375 g/mol. The number of hydrogen-bond donors (Lipinski definition) is 1. The largest absolute Gasteiger partial charge is 0.444 e. The first kappa shape index (κ1) is 19.9. The molecule has 0 unspecified atom stereocenters. The number of alkyl carbamates (subject to hydrolysis) is 1. The van der Waals surface area contributed by atoms with Crippen LogP contribution in [0.5, 0.6) is 0 Å². The van der Waals surface area contributed by atoms with Gasteiger partial charge in [-0.25, -0.2) is 4.79 Å². The third kappa shape index (κ3) is 5.31. The van der Waals surface area contributed by atoms with Gasteiger partial charge in [-0.2, -0.15) is 0 Å². The van der Waals surface area contributed by atoms with Gasteiger partial charge in [0.05, 0.1) is 12.6 Å². The van der Waals surface area contributed by atoms with Gasteiger partial charge in [-0.3, -0.25) is 0 Å². The fourth-order valence-corrected chi connectivity index (χ4v) is 3.30. The lowest BCUT2D eigenvalue weighted by molar-refractivity contribution is -0.160. The van der Waals surface area contributed by atoms with Crippen molar-refractivity contribution in [2.75, 3.05) is 0 Å². The number of ether oxygens (including phenoxy) is 4. The van der Waals surface area contributed by atoms with Gasteiger partial charge in [-0.05, 0) is 40.2 Å². The summed E-state index contributed by atoms with van der Waals surface area (Å²) in [7, 11) is 0. The van der Waals surface area contributed by atoms with Crippen molar-refractivity contribution in [1.82, 2.24) is 5.32 Å². The minimum atomic E-state index is -0.700. The summed E-state index contributed by atoms with van der Waals surface area (Å²) in [6, 6.07) is 9.53. The molecule has 1 N–H and O–H groups in total. The first-order valence-corrected chi connectivity index (χ1v) is 9.32. The smallest absolute Gasteiger partial charge is 0.408 e. The fourth-order valence-electron chi connectivity index (χ4n) is 3.30. The molecule has 1 fully saturated rings. The molecular weight excluding hydrogens is 346 g/mol. The van der Waals surface area contributed by atoms with Crippen molar-refractivity contribution in [3.8, 4) is 0 Å². The molecule has 3 rings (SSSR count). The van der Waals surface area contributed by atoms with E-state index < -0.39 is 23.6 Å². The maximum atomic E-state index is 12.3. The first-order chi connectivity index (χ1) is 12.6. The second-order valence-corrected chi connectivity index (χ2v) is 8.38. The van der Waals surface area contributed by atoms with Crippen LogP contribution >= 0.6 is 0 Å². The van der Waals surface area contributed by atoms with Crippen LogP contribution in [0.1, 0.15) is 40.2 Å². The van der Waals surface area contributed by atoms with Gasteiger partial charge in [-0.15, -0.1) is 0 Å². The number of nitrogens with one attached hydrogen (secondary N) is 1. The number of amides is 1. The van der Waals surface area contributed by atoms with E-state index in [0.717, 1.165) is 5.56 Å². The Morgan fingerprint density at radius 3 is 2.52 bits per heavy atom. The van der Waals surface area contributed by atoms with Crippen molar-refractivity contribution in [3.05, 3.63) is 48.0 Å². The van der Waals surface area contributed by atoms with Crippen LogP contribution in [0.15, 0.2) is 42.5 Å². The molecule has 1 amide bonds. The number of carbonyl (C=O) groups excluding carboxylic acids is 1. The third-order valence-electron chi connectivity index (χ3n) is 4.32. The summed E-state index contributed by atoms with van der Waals surface area (Å²) < 4.78 is 23.6. The molecule has 0 bridgehead atoms. The Balaban J connectivity index is 1.74. The third-order valence-corrected chi connectivity index (χ3v) is 4.32. The molecule has 148 valence electrons. The van der Waals surface area contributed by atoms with Gasteiger partial charge in [0.15, 0.2) is 5.79 Å². The normalized spacial score (nSPS) is 29.2. The van der Waals surface area contributed by atoms with Crippen molar-refractivity contribution in [3.63, 3.8) is 0 Å². The quantitative estimate of drug-likeness (QED) is 0.815. The van der Waals surface area contributed by atoms with Gasteiger partial charge >= 0.3 is 6.09 Å². The molecule has 1 aromatic carbocycles. The highest BCUT2D eigenvalue weighted by atomic mass is 16.8. The summed E-state index contributed by atoms with van der Waals surface area (Å²) in [5.41, 5.74) is 0.484. The van der Waals surface area contributed by atoms with E-state index in [-0.39, 0.29) is 18.2 Å². The Bertz CT molecular complexity index is 680. The molecule has 1 aliphatic heterocycles. The highest BCUT2D eigenvalue weighted by molar-refractivity contribution is 5.68. The molecule has 0 radical (unpaired) electrons. The summed E-state index contributed by atoms with van der Waals surface area (Å²) >= 11 is 0. The molecule has 1 aromatic rings. The van der Waals surface area contributed by atoms with Gasteiger partial charge in [0.25, 0.3) is 0 Å². The molecule has 27 heavy (non-hydrogen) atoms. The lowest BCUT2D eigenvalue weighted by Crippen LogP contribution is -2.54. The summed E-state index contributed by atoms with van der Waals surface area (Å²) in [6.45, 7) is 9.67. The minimum Gasteiger partial charge on any atom is -0.444 e. The van der Waals surface area contributed by atoms with Crippen LogP contribution in [0.4, 0.5) is 4.79 Å². The molecule has 6 nitrogen and oxygen atoms in total. The number of benzene rings is 1. The maximum absolute atomic E-state index is 12.3. The van der Waals surface area contributed by atoms with E-state index >= 15 is 0 Å². The van der Waals surface area contributed by atoms with E-state index in [1.807, 2.05) is 77.1 Å². The minimum absolute atomic E-state index is 0.211. The number of hydrogen-bond acceptors (Lipinski definition) is 5. The van der Waals surface area contributed by atoms with E-state index in [9.17, 15) is 4.79 Å². The molecule has 2 aliphatic rings. The molecule has 0 aromatic heterocycles. The number of rotatable bonds is 4. The first-order valence-electron chi connectivity index (χ1n) is 9.32. The van der Waals surface area contributed by atoms with Gasteiger partial charge in [-0.1, -0.05) is 42.5 Å². The highest BCUT2D eigenvalue weighted by Gasteiger charge is 2.49. The summed E-state index contributed by atoms with van der Waals surface area (Å²) in [4.78, 5) is 12.3. The van der Waals surface area contributed by atoms with E-state index in [1.165, 1.54) is 0 Å². The number of carbonyl (C=O) groups is 1. The van der Waals surface area contributed by atoms with Crippen LogP contribution in [0.3, 0.4) is 0 Å². The second kappa shape index (κ2) is 7.62. The van der Waals surface area contributed by atoms with Crippen LogP contribution in [0.2, 0.25) is 0 Å². The molecule has 0 saturated carbocycles. The SMILES string of the molecule is CC(C)(C)OC(=O)N[C@H]1C=C[C@@H]2OC(C)(C)O[C@@H]2[C@H]1OCc1ccccc1. The van der Waals surface area contributed by atoms with Gasteiger partial charge in [0, 0.05) is 0 Å². The predicted octanol–water partition coefficient (Wildman–Crippen LogP) is 3.56. The zero-order valence-corrected chi connectivity index (χ0v) is 16.6. The van der Waals surface area contributed by atoms with Crippen molar-refractivity contribution in [2.45, 2.75) is 77.0 Å². The molecule has 1 saturated heterocycles. The Hall–Kier alpha value is -1.89. The molecule has 4 atom stereocenters. The van der Waals surface area contributed by atoms with E-state index in [4.69, 9.17) is 18.9 Å². The van der Waals surface area contributed by atoms with E-state index in [2.05, 4.69) is 5.32 Å².